The SMILES string of the molecule is COC1CC(c2cc(F)cc(OCC(=O)c3cc(-c4ccc(S(N)(=O)=O)cc4)n(-c4ccccc4)n3)c2)CCO1. The fourth-order valence-electron chi connectivity index (χ4n) is 4.66. The Kier molecular flexibility index (Phi) is 8.08. The second kappa shape index (κ2) is 11.7. The number of Topliss-reactive ketones (excluding diaryl/α,β-unsaturated/α-hetero) is 1. The van der Waals surface area contributed by atoms with Crippen LogP contribution < -0.4 is 9.88 Å². The summed E-state index contributed by atoms with van der Waals surface area (Å²) in [5.41, 5.74) is 2.79. The molecule has 2 atom stereocenters. The molecule has 0 saturated carbocycles. The van der Waals surface area contributed by atoms with E-state index in [1.54, 1.807) is 36.1 Å². The molecule has 1 aliphatic rings. The first kappa shape index (κ1) is 27.7. The van der Waals surface area contributed by atoms with Gasteiger partial charge in [-0.2, -0.15) is 5.10 Å². The van der Waals surface area contributed by atoms with Gasteiger partial charge in [-0.25, -0.2) is 22.6 Å². The second-order valence-corrected chi connectivity index (χ2v) is 11.0. The van der Waals surface area contributed by atoms with Crippen molar-refractivity contribution in [3.05, 3.63) is 95.9 Å². The fraction of sp³-hybridized carbons (Fsp3) is 0.241. The number of hydrogen-bond donors (Lipinski definition) is 1. The van der Waals surface area contributed by atoms with E-state index in [2.05, 4.69) is 5.10 Å². The molecule has 208 valence electrons. The van der Waals surface area contributed by atoms with Gasteiger partial charge in [0, 0.05) is 25.2 Å². The third kappa shape index (κ3) is 6.28. The van der Waals surface area contributed by atoms with Gasteiger partial charge in [0.1, 0.15) is 17.3 Å². The Hall–Kier alpha value is -3.90. The maximum Gasteiger partial charge on any atom is 0.238 e. The Morgan fingerprint density at radius 2 is 1.85 bits per heavy atom. The van der Waals surface area contributed by atoms with Crippen LogP contribution in [-0.4, -0.2) is 50.6 Å². The lowest BCUT2D eigenvalue weighted by molar-refractivity contribution is -0.150. The number of nitrogens with zero attached hydrogens (tertiary/aromatic N) is 2. The second-order valence-electron chi connectivity index (χ2n) is 9.42. The van der Waals surface area contributed by atoms with Gasteiger partial charge in [0.15, 0.2) is 12.9 Å². The molecule has 9 nitrogen and oxygen atoms in total. The molecule has 2 unspecified atom stereocenters. The minimum atomic E-state index is -3.86. The van der Waals surface area contributed by atoms with Gasteiger partial charge in [0.05, 0.1) is 22.9 Å². The van der Waals surface area contributed by atoms with Crippen LogP contribution in [0.25, 0.3) is 16.9 Å². The summed E-state index contributed by atoms with van der Waals surface area (Å²) in [4.78, 5) is 13.1. The maximum atomic E-state index is 14.5. The molecule has 3 aromatic carbocycles. The largest absolute Gasteiger partial charge is 0.485 e. The van der Waals surface area contributed by atoms with E-state index < -0.39 is 21.6 Å². The van der Waals surface area contributed by atoms with Crippen molar-refractivity contribution in [2.24, 2.45) is 5.14 Å². The molecule has 0 spiro atoms. The lowest BCUT2D eigenvalue weighted by atomic mass is 9.91. The summed E-state index contributed by atoms with van der Waals surface area (Å²) in [6.07, 6.45) is 0.966. The number of ether oxygens (including phenoxy) is 3. The number of carbonyl (C=O) groups excluding carboxylic acids is 1. The van der Waals surface area contributed by atoms with E-state index in [0.717, 1.165) is 12.0 Å². The van der Waals surface area contributed by atoms with Crippen LogP contribution >= 0.6 is 0 Å². The van der Waals surface area contributed by atoms with Gasteiger partial charge < -0.3 is 14.2 Å². The number of carbonyl (C=O) groups is 1. The molecule has 11 heteroatoms. The van der Waals surface area contributed by atoms with Gasteiger partial charge >= 0.3 is 0 Å². The number of primary sulfonamides is 1. The number of rotatable bonds is 9. The van der Waals surface area contributed by atoms with Crippen LogP contribution in [0.1, 0.15) is 34.8 Å². The van der Waals surface area contributed by atoms with E-state index in [-0.39, 0.29) is 35.2 Å². The number of nitrogens with two attached hydrogens (primary N) is 1. The van der Waals surface area contributed by atoms with E-state index in [1.165, 1.54) is 24.3 Å². The fourth-order valence-corrected chi connectivity index (χ4v) is 5.17. The average Bonchev–Trinajstić information content (AvgIpc) is 3.41. The van der Waals surface area contributed by atoms with Crippen molar-refractivity contribution >= 4 is 15.8 Å². The minimum absolute atomic E-state index is 0.0281. The molecule has 4 aromatic rings. The van der Waals surface area contributed by atoms with Gasteiger partial charge in [-0.05, 0) is 60.4 Å². The molecular formula is C29H28FN3O6S. The predicted molar refractivity (Wildman–Crippen MR) is 145 cm³/mol. The highest BCUT2D eigenvalue weighted by Gasteiger charge is 2.25. The summed E-state index contributed by atoms with van der Waals surface area (Å²) in [7, 11) is -2.28. The Bertz CT molecular complexity index is 1610. The molecule has 0 amide bonds. The zero-order chi connectivity index (χ0) is 28.3. The smallest absolute Gasteiger partial charge is 0.238 e. The highest BCUT2D eigenvalue weighted by molar-refractivity contribution is 7.89. The van der Waals surface area contributed by atoms with Gasteiger partial charge in [0.2, 0.25) is 15.8 Å². The lowest BCUT2D eigenvalue weighted by Gasteiger charge is -2.29. The Labute approximate surface area is 231 Å². The number of hydrogen-bond acceptors (Lipinski definition) is 7. The Balaban J connectivity index is 1.38. The first-order chi connectivity index (χ1) is 19.2. The number of aromatic nitrogens is 2. The van der Waals surface area contributed by atoms with Gasteiger partial charge in [-0.3, -0.25) is 4.79 Å². The molecule has 1 aliphatic heterocycles. The topological polar surface area (TPSA) is 123 Å². The number of para-hydroxylation sites is 1. The molecule has 0 aliphatic carbocycles. The summed E-state index contributed by atoms with van der Waals surface area (Å²) in [6, 6.07) is 21.2. The molecule has 2 N–H and O–H groups in total. The van der Waals surface area contributed by atoms with E-state index in [4.69, 9.17) is 19.3 Å². The summed E-state index contributed by atoms with van der Waals surface area (Å²) in [5.74, 6) is -0.588. The monoisotopic (exact) mass is 565 g/mol. The van der Waals surface area contributed by atoms with Crippen molar-refractivity contribution < 1.29 is 31.8 Å². The zero-order valence-electron chi connectivity index (χ0n) is 21.7. The van der Waals surface area contributed by atoms with Crippen LogP contribution in [0, 0.1) is 5.82 Å². The van der Waals surface area contributed by atoms with Crippen LogP contribution in [0.15, 0.2) is 83.8 Å². The van der Waals surface area contributed by atoms with E-state index >= 15 is 0 Å². The Morgan fingerprint density at radius 3 is 2.55 bits per heavy atom. The molecular weight excluding hydrogens is 537 g/mol. The quantitative estimate of drug-likeness (QED) is 0.298. The average molecular weight is 566 g/mol. The maximum absolute atomic E-state index is 14.5. The molecule has 0 radical (unpaired) electrons. The third-order valence-electron chi connectivity index (χ3n) is 6.72. The first-order valence-corrected chi connectivity index (χ1v) is 14.2. The zero-order valence-corrected chi connectivity index (χ0v) is 22.5. The number of benzene rings is 3. The molecule has 0 bridgehead atoms. The van der Waals surface area contributed by atoms with E-state index in [0.29, 0.717) is 30.0 Å². The van der Waals surface area contributed by atoms with Crippen molar-refractivity contribution in [2.45, 2.75) is 29.9 Å². The molecule has 2 heterocycles. The van der Waals surface area contributed by atoms with Crippen molar-refractivity contribution in [3.8, 4) is 22.7 Å². The van der Waals surface area contributed by atoms with E-state index in [9.17, 15) is 17.6 Å². The number of halogens is 1. The number of ketones is 1. The predicted octanol–water partition coefficient (Wildman–Crippen LogP) is 4.45. The number of sulfonamides is 1. The lowest BCUT2D eigenvalue weighted by Crippen LogP contribution is -2.26. The normalized spacial score (nSPS) is 17.5. The van der Waals surface area contributed by atoms with Crippen LogP contribution in [0.2, 0.25) is 0 Å². The third-order valence-corrected chi connectivity index (χ3v) is 7.65. The standard InChI is InChI=1S/C29H28FN3O6S/c1-37-29-15-20(11-12-38-29)21-13-22(30)16-24(14-21)39-18-28(34)26-17-27(33(32-26)23-5-3-2-4-6-23)19-7-9-25(10-8-19)40(31,35)36/h2-10,13-14,16-17,20,29H,11-12,15,18H2,1H3,(H2,31,35,36). The van der Waals surface area contributed by atoms with Gasteiger partial charge in [0.25, 0.3) is 0 Å². The first-order valence-electron chi connectivity index (χ1n) is 12.6. The molecule has 1 fully saturated rings. The summed E-state index contributed by atoms with van der Waals surface area (Å²) >= 11 is 0. The van der Waals surface area contributed by atoms with Crippen molar-refractivity contribution in [3.63, 3.8) is 0 Å². The number of methoxy groups -OCH3 is 1. The van der Waals surface area contributed by atoms with E-state index in [1.807, 2.05) is 30.3 Å². The van der Waals surface area contributed by atoms with Crippen LogP contribution in [-0.2, 0) is 19.5 Å². The van der Waals surface area contributed by atoms with Crippen molar-refractivity contribution in [2.75, 3.05) is 20.3 Å². The summed E-state index contributed by atoms with van der Waals surface area (Å²) in [6.45, 7) is 0.151. The highest BCUT2D eigenvalue weighted by Crippen LogP contribution is 2.33. The molecule has 1 aromatic heterocycles. The molecule has 1 saturated heterocycles. The van der Waals surface area contributed by atoms with Crippen LogP contribution in [0.3, 0.4) is 0 Å². The van der Waals surface area contributed by atoms with Crippen molar-refractivity contribution in [1.82, 2.24) is 9.78 Å². The minimum Gasteiger partial charge on any atom is -0.485 e. The summed E-state index contributed by atoms with van der Waals surface area (Å²) in [5, 5.41) is 9.74. The van der Waals surface area contributed by atoms with Crippen molar-refractivity contribution in [1.29, 1.82) is 0 Å². The van der Waals surface area contributed by atoms with Gasteiger partial charge in [-0.1, -0.05) is 30.3 Å². The Morgan fingerprint density at radius 1 is 1.10 bits per heavy atom. The van der Waals surface area contributed by atoms with Gasteiger partial charge in [-0.15, -0.1) is 0 Å². The molecule has 40 heavy (non-hydrogen) atoms. The van der Waals surface area contributed by atoms with Crippen LogP contribution in [0.5, 0.6) is 5.75 Å². The van der Waals surface area contributed by atoms with Crippen LogP contribution in [0.4, 0.5) is 4.39 Å². The molecule has 5 rings (SSSR count). The highest BCUT2D eigenvalue weighted by atomic mass is 32.2. The summed E-state index contributed by atoms with van der Waals surface area (Å²) < 4.78 is 55.9.